The number of anilines is 2. The molecule has 0 heterocycles. The molecule has 0 radical (unpaired) electrons. The van der Waals surface area contributed by atoms with Gasteiger partial charge in [0.25, 0.3) is 5.91 Å². The zero-order valence-electron chi connectivity index (χ0n) is 10.2. The van der Waals surface area contributed by atoms with Gasteiger partial charge in [-0.3, -0.25) is 4.79 Å². The first-order valence-corrected chi connectivity index (χ1v) is 6.75. The van der Waals surface area contributed by atoms with Crippen LogP contribution < -0.4 is 10.6 Å². The average molecular weight is 340 g/mol. The third-order valence-electron chi connectivity index (χ3n) is 2.75. The number of nitrogens with zero attached hydrogens (tertiary/aromatic N) is 1. The van der Waals surface area contributed by atoms with Crippen LogP contribution in [0, 0.1) is 0 Å². The molecule has 19 heavy (non-hydrogen) atoms. The van der Waals surface area contributed by atoms with Gasteiger partial charge < -0.3 is 10.6 Å². The molecule has 0 bridgehead atoms. The van der Waals surface area contributed by atoms with Gasteiger partial charge in [0.1, 0.15) is 0 Å². The average Bonchev–Trinajstić information content (AvgIpc) is 2.38. The molecule has 0 saturated carbocycles. The smallest absolute Gasteiger partial charge is 0.259 e. The third kappa shape index (κ3) is 3.08. The van der Waals surface area contributed by atoms with Crippen LogP contribution in [0.2, 0.25) is 5.02 Å². The lowest BCUT2D eigenvalue weighted by Crippen LogP contribution is -2.26. The number of rotatable bonds is 2. The molecule has 0 unspecified atom stereocenters. The fourth-order valence-corrected chi connectivity index (χ4v) is 2.51. The minimum Gasteiger partial charge on any atom is -0.399 e. The lowest BCUT2D eigenvalue weighted by Gasteiger charge is -2.18. The largest absolute Gasteiger partial charge is 0.399 e. The van der Waals surface area contributed by atoms with E-state index in [0.717, 1.165) is 5.69 Å². The summed E-state index contributed by atoms with van der Waals surface area (Å²) in [5.41, 5.74) is 7.63. The molecule has 0 fully saturated rings. The van der Waals surface area contributed by atoms with Gasteiger partial charge in [-0.15, -0.1) is 0 Å². The molecule has 0 aromatic heterocycles. The van der Waals surface area contributed by atoms with Gasteiger partial charge in [-0.1, -0.05) is 11.6 Å². The second-order valence-electron chi connectivity index (χ2n) is 4.08. The molecule has 2 aromatic rings. The first-order chi connectivity index (χ1) is 8.99. The summed E-state index contributed by atoms with van der Waals surface area (Å²) in [5, 5.41) is 0.582. The number of nitrogens with two attached hydrogens (primary N) is 1. The number of nitrogen functional groups attached to an aromatic ring is 1. The predicted molar refractivity (Wildman–Crippen MR) is 82.7 cm³/mol. The lowest BCUT2D eigenvalue weighted by molar-refractivity contribution is 0.0992. The Labute approximate surface area is 125 Å². The maximum Gasteiger partial charge on any atom is 0.259 e. The molecule has 3 nitrogen and oxygen atoms in total. The van der Waals surface area contributed by atoms with Crippen LogP contribution in [0.1, 0.15) is 10.4 Å². The van der Waals surface area contributed by atoms with Gasteiger partial charge in [-0.2, -0.15) is 0 Å². The molecule has 2 rings (SSSR count). The van der Waals surface area contributed by atoms with Crippen molar-refractivity contribution in [2.75, 3.05) is 17.7 Å². The predicted octanol–water partition coefficient (Wildman–Crippen LogP) is 3.96. The fourth-order valence-electron chi connectivity index (χ4n) is 1.66. The van der Waals surface area contributed by atoms with E-state index in [1.54, 1.807) is 54.4 Å². The zero-order valence-corrected chi connectivity index (χ0v) is 12.6. The normalized spacial score (nSPS) is 10.3. The number of carbonyl (C=O) groups is 1. The first kappa shape index (κ1) is 13.9. The van der Waals surface area contributed by atoms with E-state index in [9.17, 15) is 4.79 Å². The Morgan fingerprint density at radius 1 is 1.21 bits per heavy atom. The highest BCUT2D eigenvalue weighted by atomic mass is 79.9. The standard InChI is InChI=1S/C14H12BrClN2O/c1-18(11-5-3-10(17)4-6-11)14(19)12-7-2-9(16)8-13(12)15/h2-8H,17H2,1H3. The summed E-state index contributed by atoms with van der Waals surface area (Å²) in [6.07, 6.45) is 0. The van der Waals surface area contributed by atoms with Crippen LogP contribution in [0.3, 0.4) is 0 Å². The summed E-state index contributed by atoms with van der Waals surface area (Å²) in [4.78, 5) is 13.9. The Balaban J connectivity index is 2.30. The van der Waals surface area contributed by atoms with Gasteiger partial charge in [-0.05, 0) is 58.4 Å². The van der Waals surface area contributed by atoms with Crippen molar-refractivity contribution >= 4 is 44.8 Å². The molecule has 0 aliphatic carbocycles. The van der Waals surface area contributed by atoms with Gasteiger partial charge in [0.2, 0.25) is 0 Å². The van der Waals surface area contributed by atoms with Crippen LogP contribution in [0.4, 0.5) is 11.4 Å². The van der Waals surface area contributed by atoms with E-state index in [2.05, 4.69) is 15.9 Å². The molecule has 98 valence electrons. The lowest BCUT2D eigenvalue weighted by atomic mass is 10.2. The second-order valence-corrected chi connectivity index (χ2v) is 5.37. The van der Waals surface area contributed by atoms with Gasteiger partial charge >= 0.3 is 0 Å². The van der Waals surface area contributed by atoms with E-state index < -0.39 is 0 Å². The maximum absolute atomic E-state index is 12.4. The van der Waals surface area contributed by atoms with Gasteiger partial charge in [0.05, 0.1) is 5.56 Å². The van der Waals surface area contributed by atoms with Crippen LogP contribution in [0.25, 0.3) is 0 Å². The molecule has 0 atom stereocenters. The van der Waals surface area contributed by atoms with E-state index in [-0.39, 0.29) is 5.91 Å². The Morgan fingerprint density at radius 2 is 1.84 bits per heavy atom. The summed E-state index contributed by atoms with van der Waals surface area (Å²) in [6, 6.07) is 12.2. The Morgan fingerprint density at radius 3 is 2.42 bits per heavy atom. The topological polar surface area (TPSA) is 46.3 Å². The van der Waals surface area contributed by atoms with E-state index in [1.165, 1.54) is 0 Å². The number of halogens is 2. The Kier molecular flexibility index (Phi) is 4.12. The molecule has 5 heteroatoms. The highest BCUT2D eigenvalue weighted by Gasteiger charge is 2.16. The van der Waals surface area contributed by atoms with Crippen molar-refractivity contribution in [1.82, 2.24) is 0 Å². The van der Waals surface area contributed by atoms with Crippen molar-refractivity contribution in [3.8, 4) is 0 Å². The summed E-state index contributed by atoms with van der Waals surface area (Å²) in [7, 11) is 1.72. The van der Waals surface area contributed by atoms with Crippen molar-refractivity contribution < 1.29 is 4.79 Å². The van der Waals surface area contributed by atoms with Crippen molar-refractivity contribution in [2.45, 2.75) is 0 Å². The van der Waals surface area contributed by atoms with Gasteiger partial charge in [0, 0.05) is 27.9 Å². The third-order valence-corrected chi connectivity index (χ3v) is 3.64. The van der Waals surface area contributed by atoms with Crippen LogP contribution in [-0.4, -0.2) is 13.0 Å². The molecule has 0 saturated heterocycles. The maximum atomic E-state index is 12.4. The second kappa shape index (κ2) is 5.63. The van der Waals surface area contributed by atoms with Crippen molar-refractivity contribution in [3.63, 3.8) is 0 Å². The van der Waals surface area contributed by atoms with E-state index in [1.807, 2.05) is 0 Å². The molecule has 2 aromatic carbocycles. The molecule has 0 aliphatic heterocycles. The quantitative estimate of drug-likeness (QED) is 0.842. The van der Waals surface area contributed by atoms with Crippen LogP contribution >= 0.6 is 27.5 Å². The molecular weight excluding hydrogens is 328 g/mol. The number of benzene rings is 2. The van der Waals surface area contributed by atoms with Crippen LogP contribution in [0.5, 0.6) is 0 Å². The fraction of sp³-hybridized carbons (Fsp3) is 0.0714. The van der Waals surface area contributed by atoms with Gasteiger partial charge in [0.15, 0.2) is 0 Å². The molecule has 1 amide bonds. The van der Waals surface area contributed by atoms with Crippen molar-refractivity contribution in [3.05, 3.63) is 57.5 Å². The number of hydrogen-bond acceptors (Lipinski definition) is 2. The highest BCUT2D eigenvalue weighted by Crippen LogP contribution is 2.24. The summed E-state index contributed by atoms with van der Waals surface area (Å²) >= 11 is 9.22. The number of hydrogen-bond donors (Lipinski definition) is 1. The summed E-state index contributed by atoms with van der Waals surface area (Å²) < 4.78 is 0.673. The van der Waals surface area contributed by atoms with E-state index >= 15 is 0 Å². The van der Waals surface area contributed by atoms with Gasteiger partial charge in [-0.25, -0.2) is 0 Å². The molecular formula is C14H12BrClN2O. The van der Waals surface area contributed by atoms with E-state index in [0.29, 0.717) is 20.7 Å². The minimum atomic E-state index is -0.117. The van der Waals surface area contributed by atoms with Crippen LogP contribution in [0.15, 0.2) is 46.9 Å². The van der Waals surface area contributed by atoms with Crippen molar-refractivity contribution in [2.24, 2.45) is 0 Å². The highest BCUT2D eigenvalue weighted by molar-refractivity contribution is 9.10. The van der Waals surface area contributed by atoms with Crippen molar-refractivity contribution in [1.29, 1.82) is 0 Å². The zero-order chi connectivity index (χ0) is 14.0. The number of amides is 1. The SMILES string of the molecule is CN(C(=O)c1ccc(Cl)cc1Br)c1ccc(N)cc1. The summed E-state index contributed by atoms with van der Waals surface area (Å²) in [5.74, 6) is -0.117. The Hall–Kier alpha value is -1.52. The van der Waals surface area contributed by atoms with Crippen LogP contribution in [-0.2, 0) is 0 Å². The Bertz CT molecular complexity index is 613. The molecule has 2 N–H and O–H groups in total. The molecule has 0 spiro atoms. The monoisotopic (exact) mass is 338 g/mol. The summed E-state index contributed by atoms with van der Waals surface area (Å²) in [6.45, 7) is 0. The molecule has 0 aliphatic rings. The minimum absolute atomic E-state index is 0.117. The number of carbonyl (C=O) groups excluding carboxylic acids is 1. The van der Waals surface area contributed by atoms with E-state index in [4.69, 9.17) is 17.3 Å². The first-order valence-electron chi connectivity index (χ1n) is 5.57.